The van der Waals surface area contributed by atoms with Crippen LogP contribution in [0.3, 0.4) is 0 Å². The van der Waals surface area contributed by atoms with Crippen molar-refractivity contribution in [2.24, 2.45) is 0 Å². The van der Waals surface area contributed by atoms with E-state index in [1.807, 2.05) is 24.3 Å². The number of benzene rings is 2. The van der Waals surface area contributed by atoms with Crippen molar-refractivity contribution in [3.05, 3.63) is 69.2 Å². The van der Waals surface area contributed by atoms with Crippen LogP contribution in [0, 0.1) is 0 Å². The molecule has 0 aliphatic rings. The SMILES string of the molecule is O=C(COCc1ccc(Br)cc1)c1cccc(Cl)c1. The molecular weight excluding hydrogens is 328 g/mol. The Hall–Kier alpha value is -1.16. The quantitative estimate of drug-likeness (QED) is 0.750. The van der Waals surface area contributed by atoms with E-state index in [2.05, 4.69) is 15.9 Å². The van der Waals surface area contributed by atoms with E-state index < -0.39 is 0 Å². The van der Waals surface area contributed by atoms with Crippen molar-refractivity contribution in [1.82, 2.24) is 0 Å². The molecule has 0 heterocycles. The molecule has 0 saturated heterocycles. The van der Waals surface area contributed by atoms with Gasteiger partial charge in [0.05, 0.1) is 6.61 Å². The highest BCUT2D eigenvalue weighted by Gasteiger charge is 2.06. The molecule has 2 rings (SSSR count). The van der Waals surface area contributed by atoms with Gasteiger partial charge in [-0.2, -0.15) is 0 Å². The zero-order valence-electron chi connectivity index (χ0n) is 10.1. The number of hydrogen-bond donors (Lipinski definition) is 0. The first-order valence-electron chi connectivity index (χ1n) is 5.76. The fraction of sp³-hybridized carbons (Fsp3) is 0.133. The molecule has 0 atom stereocenters. The first-order valence-corrected chi connectivity index (χ1v) is 6.93. The van der Waals surface area contributed by atoms with Crippen molar-refractivity contribution < 1.29 is 9.53 Å². The summed E-state index contributed by atoms with van der Waals surface area (Å²) in [7, 11) is 0. The van der Waals surface area contributed by atoms with Gasteiger partial charge in [0, 0.05) is 15.1 Å². The van der Waals surface area contributed by atoms with Crippen LogP contribution in [-0.2, 0) is 11.3 Å². The minimum atomic E-state index is -0.0698. The van der Waals surface area contributed by atoms with Crippen molar-refractivity contribution >= 4 is 33.3 Å². The number of Topliss-reactive ketones (excluding diaryl/α,β-unsaturated/α-hetero) is 1. The highest BCUT2D eigenvalue weighted by Crippen LogP contribution is 2.13. The molecule has 0 amide bonds. The van der Waals surface area contributed by atoms with Crippen molar-refractivity contribution in [3.63, 3.8) is 0 Å². The second-order valence-corrected chi connectivity index (χ2v) is 5.40. The van der Waals surface area contributed by atoms with Gasteiger partial charge in [0.2, 0.25) is 0 Å². The third kappa shape index (κ3) is 4.46. The van der Waals surface area contributed by atoms with Crippen LogP contribution in [0.1, 0.15) is 15.9 Å². The number of carbonyl (C=O) groups is 1. The second kappa shape index (κ2) is 6.85. The molecule has 0 radical (unpaired) electrons. The fourth-order valence-corrected chi connectivity index (χ4v) is 2.04. The number of hydrogen-bond acceptors (Lipinski definition) is 2. The smallest absolute Gasteiger partial charge is 0.188 e. The number of ketones is 1. The van der Waals surface area contributed by atoms with Gasteiger partial charge >= 0.3 is 0 Å². The van der Waals surface area contributed by atoms with Gasteiger partial charge in [-0.1, -0.05) is 51.8 Å². The summed E-state index contributed by atoms with van der Waals surface area (Å²) in [6.07, 6.45) is 0. The molecule has 2 aromatic rings. The van der Waals surface area contributed by atoms with Crippen LogP contribution in [0.5, 0.6) is 0 Å². The molecule has 0 unspecified atom stereocenters. The Morgan fingerprint density at radius 3 is 2.58 bits per heavy atom. The Kier molecular flexibility index (Phi) is 5.14. The Morgan fingerprint density at radius 2 is 1.89 bits per heavy atom. The summed E-state index contributed by atoms with van der Waals surface area (Å²) in [5.74, 6) is -0.0698. The monoisotopic (exact) mass is 338 g/mol. The highest BCUT2D eigenvalue weighted by molar-refractivity contribution is 9.10. The van der Waals surface area contributed by atoms with Gasteiger partial charge in [-0.25, -0.2) is 0 Å². The summed E-state index contributed by atoms with van der Waals surface area (Å²) in [6, 6.07) is 14.7. The maximum absolute atomic E-state index is 11.9. The molecule has 2 nitrogen and oxygen atoms in total. The first kappa shape index (κ1) is 14.3. The van der Waals surface area contributed by atoms with Crippen molar-refractivity contribution in [1.29, 1.82) is 0 Å². The number of ether oxygens (including phenoxy) is 1. The lowest BCUT2D eigenvalue weighted by molar-refractivity contribution is 0.0726. The van der Waals surface area contributed by atoms with E-state index in [1.54, 1.807) is 24.3 Å². The van der Waals surface area contributed by atoms with E-state index in [-0.39, 0.29) is 12.4 Å². The molecule has 4 heteroatoms. The Morgan fingerprint density at radius 1 is 1.16 bits per heavy atom. The summed E-state index contributed by atoms with van der Waals surface area (Å²) >= 11 is 9.20. The minimum absolute atomic E-state index is 0.0520. The largest absolute Gasteiger partial charge is 0.369 e. The van der Waals surface area contributed by atoms with Crippen LogP contribution in [0.25, 0.3) is 0 Å². The third-order valence-electron chi connectivity index (χ3n) is 2.56. The zero-order valence-corrected chi connectivity index (χ0v) is 12.4. The van der Waals surface area contributed by atoms with E-state index >= 15 is 0 Å². The second-order valence-electron chi connectivity index (χ2n) is 4.05. The Bertz CT molecular complexity index is 567. The van der Waals surface area contributed by atoms with Crippen LogP contribution >= 0.6 is 27.5 Å². The van der Waals surface area contributed by atoms with Gasteiger partial charge < -0.3 is 4.74 Å². The van der Waals surface area contributed by atoms with Gasteiger partial charge in [0.1, 0.15) is 6.61 Å². The average Bonchev–Trinajstić information content (AvgIpc) is 2.41. The van der Waals surface area contributed by atoms with Crippen LogP contribution in [0.4, 0.5) is 0 Å². The van der Waals surface area contributed by atoms with Crippen molar-refractivity contribution in [2.75, 3.05) is 6.61 Å². The van der Waals surface area contributed by atoms with E-state index in [9.17, 15) is 4.79 Å². The predicted octanol–water partition coefficient (Wildman–Crippen LogP) is 4.50. The molecule has 0 bridgehead atoms. The number of carbonyl (C=O) groups excluding carboxylic acids is 1. The molecule has 0 N–H and O–H groups in total. The normalized spacial score (nSPS) is 10.4. The lowest BCUT2D eigenvalue weighted by Gasteiger charge is -2.04. The zero-order chi connectivity index (χ0) is 13.7. The van der Waals surface area contributed by atoms with Gasteiger partial charge in [0.15, 0.2) is 5.78 Å². The predicted molar refractivity (Wildman–Crippen MR) is 79.6 cm³/mol. The summed E-state index contributed by atoms with van der Waals surface area (Å²) in [4.78, 5) is 11.9. The molecule has 19 heavy (non-hydrogen) atoms. The average molecular weight is 340 g/mol. The van der Waals surface area contributed by atoms with Gasteiger partial charge in [-0.3, -0.25) is 4.79 Å². The van der Waals surface area contributed by atoms with E-state index in [0.717, 1.165) is 10.0 Å². The van der Waals surface area contributed by atoms with Crippen LogP contribution in [-0.4, -0.2) is 12.4 Å². The van der Waals surface area contributed by atoms with Crippen LogP contribution < -0.4 is 0 Å². The van der Waals surface area contributed by atoms with Crippen LogP contribution in [0.2, 0.25) is 5.02 Å². The van der Waals surface area contributed by atoms with Crippen LogP contribution in [0.15, 0.2) is 53.0 Å². The molecule has 2 aromatic carbocycles. The standard InChI is InChI=1S/C15H12BrClO2/c16-13-6-4-11(5-7-13)9-19-10-15(18)12-2-1-3-14(17)8-12/h1-8H,9-10H2. The number of halogens is 2. The lowest BCUT2D eigenvalue weighted by Crippen LogP contribution is -2.09. The van der Waals surface area contributed by atoms with E-state index in [4.69, 9.17) is 16.3 Å². The first-order chi connectivity index (χ1) is 9.15. The lowest BCUT2D eigenvalue weighted by atomic mass is 10.1. The maximum Gasteiger partial charge on any atom is 0.188 e. The van der Waals surface area contributed by atoms with E-state index in [1.165, 1.54) is 0 Å². The summed E-state index contributed by atoms with van der Waals surface area (Å²) < 4.78 is 6.43. The number of rotatable bonds is 5. The maximum atomic E-state index is 11.9. The molecule has 0 aliphatic carbocycles. The Labute approximate surface area is 125 Å². The highest BCUT2D eigenvalue weighted by atomic mass is 79.9. The summed E-state index contributed by atoms with van der Waals surface area (Å²) in [5.41, 5.74) is 1.60. The van der Waals surface area contributed by atoms with Gasteiger partial charge in [-0.15, -0.1) is 0 Å². The van der Waals surface area contributed by atoms with Gasteiger partial charge in [0.25, 0.3) is 0 Å². The molecule has 0 fully saturated rings. The molecule has 98 valence electrons. The summed E-state index contributed by atoms with van der Waals surface area (Å²) in [5, 5.41) is 0.554. The van der Waals surface area contributed by atoms with Crippen molar-refractivity contribution in [3.8, 4) is 0 Å². The fourth-order valence-electron chi connectivity index (χ4n) is 1.59. The third-order valence-corrected chi connectivity index (χ3v) is 3.33. The molecule has 0 saturated carbocycles. The van der Waals surface area contributed by atoms with E-state index in [0.29, 0.717) is 17.2 Å². The van der Waals surface area contributed by atoms with Gasteiger partial charge in [-0.05, 0) is 29.8 Å². The molecular formula is C15H12BrClO2. The topological polar surface area (TPSA) is 26.3 Å². The van der Waals surface area contributed by atoms with Crippen molar-refractivity contribution in [2.45, 2.75) is 6.61 Å². The molecule has 0 aromatic heterocycles. The molecule has 0 aliphatic heterocycles. The minimum Gasteiger partial charge on any atom is -0.369 e. The molecule has 0 spiro atoms. The summed E-state index contributed by atoms with van der Waals surface area (Å²) in [6.45, 7) is 0.468. The Balaban J connectivity index is 1.86.